The predicted molar refractivity (Wildman–Crippen MR) is 133 cm³/mol. The van der Waals surface area contributed by atoms with E-state index in [1.165, 1.54) is 0 Å². The van der Waals surface area contributed by atoms with Gasteiger partial charge in [0.1, 0.15) is 0 Å². The first-order valence-corrected chi connectivity index (χ1v) is 12.3. The van der Waals surface area contributed by atoms with E-state index in [4.69, 9.17) is 21.3 Å². The summed E-state index contributed by atoms with van der Waals surface area (Å²) in [6, 6.07) is 7.07. The molecule has 1 aliphatic rings. The highest BCUT2D eigenvalue weighted by Crippen LogP contribution is 2.17. The minimum atomic E-state index is -0.970. The summed E-state index contributed by atoms with van der Waals surface area (Å²) in [5.41, 5.74) is 0.981. The lowest BCUT2D eigenvalue weighted by Crippen LogP contribution is -2.52. The maximum absolute atomic E-state index is 11.5. The Morgan fingerprint density at radius 1 is 0.816 bits per heavy atom. The molecule has 1 heterocycles. The van der Waals surface area contributed by atoms with E-state index in [-0.39, 0.29) is 32.3 Å². The van der Waals surface area contributed by atoms with Crippen molar-refractivity contribution in [2.24, 2.45) is 5.90 Å². The van der Waals surface area contributed by atoms with Gasteiger partial charge in [-0.2, -0.15) is 5.90 Å². The van der Waals surface area contributed by atoms with Crippen LogP contribution in [0, 0.1) is 0 Å². The number of carboxylic acids is 2. The number of carbonyl (C=O) groups is 2. The zero-order valence-corrected chi connectivity index (χ0v) is 21.4. The van der Waals surface area contributed by atoms with E-state index in [9.17, 15) is 19.8 Å². The molecule has 15 heteroatoms. The number of hydrogen-bond donors (Lipinski definition) is 5. The Bertz CT molecular complexity index is 818. The standard InChI is InChI=1S/C23H39N5O10/c24-38-37-21-3-1-19(2-4-21)15-20-16-27(11-13-35-33)8-7-25(17-22(29)30)5-6-26(18-23(31)32)9-10-28(20)12-14-36-34/h1-4,20,33-34H,5-18,24H2,(H,29,30)(H,31,32). The summed E-state index contributed by atoms with van der Waals surface area (Å²) in [6.45, 7) is 3.67. The summed E-state index contributed by atoms with van der Waals surface area (Å²) in [4.78, 5) is 48.4. The fraction of sp³-hybridized carbons (Fsp3) is 0.652. The van der Waals surface area contributed by atoms with Gasteiger partial charge in [-0.05, 0) is 24.1 Å². The molecule has 1 fully saturated rings. The fourth-order valence-corrected chi connectivity index (χ4v) is 4.47. The van der Waals surface area contributed by atoms with E-state index in [0.717, 1.165) is 5.56 Å². The van der Waals surface area contributed by atoms with Crippen LogP contribution in [0.1, 0.15) is 5.56 Å². The minimum absolute atomic E-state index is 0.0577. The van der Waals surface area contributed by atoms with E-state index in [1.807, 2.05) is 12.1 Å². The van der Waals surface area contributed by atoms with Gasteiger partial charge in [0.15, 0.2) is 5.75 Å². The van der Waals surface area contributed by atoms with E-state index in [0.29, 0.717) is 71.1 Å². The van der Waals surface area contributed by atoms with Crippen LogP contribution >= 0.6 is 0 Å². The van der Waals surface area contributed by atoms with Crippen LogP contribution in [0.3, 0.4) is 0 Å². The van der Waals surface area contributed by atoms with Crippen LogP contribution in [0.25, 0.3) is 0 Å². The van der Waals surface area contributed by atoms with Crippen LogP contribution in [0.5, 0.6) is 5.75 Å². The molecule has 2 rings (SSSR count). The highest BCUT2D eigenvalue weighted by atomic mass is 17.3. The normalized spacial score (nSPS) is 19.5. The largest absolute Gasteiger partial charge is 0.480 e. The Kier molecular flexibility index (Phi) is 15.0. The molecule has 15 nitrogen and oxygen atoms in total. The van der Waals surface area contributed by atoms with Crippen molar-refractivity contribution in [2.75, 3.05) is 85.2 Å². The molecular weight excluding hydrogens is 506 g/mol. The number of aliphatic carboxylic acids is 2. The quantitative estimate of drug-likeness (QED) is 0.143. The van der Waals surface area contributed by atoms with Gasteiger partial charge in [-0.25, -0.2) is 9.78 Å². The van der Waals surface area contributed by atoms with E-state index in [2.05, 4.69) is 24.6 Å². The van der Waals surface area contributed by atoms with E-state index >= 15 is 0 Å². The van der Waals surface area contributed by atoms with Gasteiger partial charge in [-0.1, -0.05) is 17.1 Å². The molecule has 1 unspecified atom stereocenters. The molecule has 0 amide bonds. The molecule has 0 aromatic heterocycles. The first kappa shape index (κ1) is 31.8. The van der Waals surface area contributed by atoms with Crippen LogP contribution < -0.4 is 10.8 Å². The molecule has 0 spiro atoms. The van der Waals surface area contributed by atoms with Gasteiger partial charge < -0.3 is 15.1 Å². The number of nitrogens with two attached hydrogens (primary N) is 1. The lowest BCUT2D eigenvalue weighted by Gasteiger charge is -2.38. The van der Waals surface area contributed by atoms with Crippen LogP contribution in [0.4, 0.5) is 0 Å². The highest BCUT2D eigenvalue weighted by molar-refractivity contribution is 5.69. The molecule has 38 heavy (non-hydrogen) atoms. The minimum Gasteiger partial charge on any atom is -0.480 e. The van der Waals surface area contributed by atoms with Crippen LogP contribution in [-0.4, -0.2) is 144 Å². The summed E-state index contributed by atoms with van der Waals surface area (Å²) >= 11 is 0. The van der Waals surface area contributed by atoms with Crippen molar-refractivity contribution in [3.8, 4) is 5.75 Å². The number of benzene rings is 1. The number of carboxylic acid groups (broad SMARTS) is 2. The summed E-state index contributed by atoms with van der Waals surface area (Å²) in [7, 11) is 0. The molecule has 0 aliphatic carbocycles. The van der Waals surface area contributed by atoms with Crippen molar-refractivity contribution < 1.29 is 50.0 Å². The third-order valence-electron chi connectivity index (χ3n) is 6.38. The Labute approximate surface area is 221 Å². The van der Waals surface area contributed by atoms with Crippen LogP contribution in [-0.2, 0) is 30.8 Å². The second-order valence-corrected chi connectivity index (χ2v) is 9.02. The molecule has 0 saturated carbocycles. The van der Waals surface area contributed by atoms with Gasteiger partial charge in [0.25, 0.3) is 0 Å². The summed E-state index contributed by atoms with van der Waals surface area (Å²) in [5, 5.41) is 36.8. The van der Waals surface area contributed by atoms with Gasteiger partial charge in [0, 0.05) is 64.9 Å². The lowest BCUT2D eigenvalue weighted by atomic mass is 10.0. The molecule has 6 N–H and O–H groups in total. The maximum Gasteiger partial charge on any atom is 0.317 e. The Hall–Kier alpha value is -2.44. The smallest absolute Gasteiger partial charge is 0.317 e. The molecule has 0 radical (unpaired) electrons. The van der Waals surface area contributed by atoms with Crippen LogP contribution in [0.2, 0.25) is 0 Å². The van der Waals surface area contributed by atoms with Gasteiger partial charge in [-0.3, -0.25) is 39.7 Å². The topological polar surface area (TPSA) is 191 Å². The Morgan fingerprint density at radius 2 is 1.34 bits per heavy atom. The van der Waals surface area contributed by atoms with Gasteiger partial charge in [-0.15, -0.1) is 0 Å². The van der Waals surface area contributed by atoms with Crippen LogP contribution in [0.15, 0.2) is 24.3 Å². The Balaban J connectivity index is 2.33. The van der Waals surface area contributed by atoms with Crippen molar-refractivity contribution in [1.29, 1.82) is 0 Å². The second kappa shape index (κ2) is 18.0. The van der Waals surface area contributed by atoms with Gasteiger partial charge in [0.2, 0.25) is 0 Å². The van der Waals surface area contributed by atoms with Crippen molar-refractivity contribution in [3.05, 3.63) is 29.8 Å². The first-order chi connectivity index (χ1) is 18.3. The maximum atomic E-state index is 11.5. The molecule has 1 saturated heterocycles. The van der Waals surface area contributed by atoms with Gasteiger partial charge >= 0.3 is 11.9 Å². The predicted octanol–water partition coefficient (Wildman–Crippen LogP) is -0.848. The van der Waals surface area contributed by atoms with Gasteiger partial charge in [0.05, 0.1) is 26.3 Å². The zero-order chi connectivity index (χ0) is 27.8. The number of rotatable bonds is 14. The third-order valence-corrected chi connectivity index (χ3v) is 6.38. The molecule has 0 bridgehead atoms. The van der Waals surface area contributed by atoms with Crippen molar-refractivity contribution in [3.63, 3.8) is 0 Å². The Morgan fingerprint density at radius 3 is 1.87 bits per heavy atom. The average molecular weight is 546 g/mol. The lowest BCUT2D eigenvalue weighted by molar-refractivity contribution is -0.246. The van der Waals surface area contributed by atoms with E-state index in [1.54, 1.807) is 21.9 Å². The molecule has 1 aliphatic heterocycles. The molecule has 216 valence electrons. The molecular formula is C23H39N5O10. The summed E-state index contributed by atoms with van der Waals surface area (Å²) < 4.78 is 0. The zero-order valence-electron chi connectivity index (χ0n) is 21.4. The van der Waals surface area contributed by atoms with Crippen molar-refractivity contribution in [2.45, 2.75) is 12.5 Å². The van der Waals surface area contributed by atoms with Crippen molar-refractivity contribution >= 4 is 11.9 Å². The third kappa shape index (κ3) is 12.4. The first-order valence-electron chi connectivity index (χ1n) is 12.3. The fourth-order valence-electron chi connectivity index (χ4n) is 4.47. The second-order valence-electron chi connectivity index (χ2n) is 9.02. The summed E-state index contributed by atoms with van der Waals surface area (Å²) in [5.74, 6) is 3.46. The number of nitrogens with zero attached hydrogens (tertiary/aromatic N) is 4. The van der Waals surface area contributed by atoms with Crippen molar-refractivity contribution in [1.82, 2.24) is 19.6 Å². The SMILES string of the molecule is NOOc1ccc(CC2CN(CCOO)CCN(CC(=O)O)CCN(CC(=O)O)CCN2CCOO)cc1. The molecule has 1 aromatic carbocycles. The molecule has 1 atom stereocenters. The monoisotopic (exact) mass is 545 g/mol. The summed E-state index contributed by atoms with van der Waals surface area (Å²) in [6.07, 6.45) is 0.587. The molecule has 1 aromatic rings. The van der Waals surface area contributed by atoms with E-state index < -0.39 is 11.9 Å². The average Bonchev–Trinajstić information content (AvgIpc) is 2.87. The number of hydrogen-bond acceptors (Lipinski definition) is 13. The highest BCUT2D eigenvalue weighted by Gasteiger charge is 2.25.